The van der Waals surface area contributed by atoms with Gasteiger partial charge < -0.3 is 4.74 Å². The highest BCUT2D eigenvalue weighted by Gasteiger charge is 2.16. The van der Waals surface area contributed by atoms with E-state index in [0.29, 0.717) is 43.1 Å². The number of halogens is 3. The summed E-state index contributed by atoms with van der Waals surface area (Å²) in [6.45, 7) is 4.12. The van der Waals surface area contributed by atoms with Crippen molar-refractivity contribution in [2.24, 2.45) is 5.10 Å². The van der Waals surface area contributed by atoms with Crippen LogP contribution in [0.2, 0.25) is 5.02 Å². The Kier molecular flexibility index (Phi) is 8.41. The van der Waals surface area contributed by atoms with E-state index in [4.69, 9.17) is 21.3 Å². The third-order valence-corrected chi connectivity index (χ3v) is 7.10. The van der Waals surface area contributed by atoms with Crippen molar-refractivity contribution >= 4 is 66.3 Å². The Labute approximate surface area is 234 Å². The summed E-state index contributed by atoms with van der Waals surface area (Å²) < 4.78 is 8.52. The zero-order valence-electron chi connectivity index (χ0n) is 19.8. The van der Waals surface area contributed by atoms with Crippen LogP contribution in [0.5, 0.6) is 5.75 Å². The van der Waals surface area contributed by atoms with Gasteiger partial charge in [0, 0.05) is 22.5 Å². The van der Waals surface area contributed by atoms with Crippen LogP contribution >= 0.6 is 43.5 Å². The number of rotatable bonds is 8. The van der Waals surface area contributed by atoms with Crippen molar-refractivity contribution in [3.63, 3.8) is 0 Å². The number of nitrogens with zero attached hydrogens (tertiary/aromatic N) is 4. The summed E-state index contributed by atoms with van der Waals surface area (Å²) in [7, 11) is 0. The Hall–Kier alpha value is -3.08. The lowest BCUT2D eigenvalue weighted by Crippen LogP contribution is -2.23. The highest BCUT2D eigenvalue weighted by Crippen LogP contribution is 2.35. The molecule has 0 spiro atoms. The largest absolute Gasteiger partial charge is 0.486 e. The molecule has 0 N–H and O–H groups in total. The van der Waals surface area contributed by atoms with Gasteiger partial charge in [0.05, 0.1) is 31.5 Å². The summed E-state index contributed by atoms with van der Waals surface area (Å²) in [5.74, 6) is 0.971. The standard InChI is InChI=1S/C26H21Br2ClN4O4/c1-3-15(2)25-31-23-8-7-18(27)12-20(23)26(34)32(25)30-13-17-10-21(28)24(22(29)11-17)37-14-16-5-4-6-19(9-16)33(35)36/h4-13,15H,3,14H2,1-2H3/t15-/m0/s1. The lowest BCUT2D eigenvalue weighted by atomic mass is 10.1. The summed E-state index contributed by atoms with van der Waals surface area (Å²) in [4.78, 5) is 28.6. The minimum Gasteiger partial charge on any atom is -0.486 e. The van der Waals surface area contributed by atoms with E-state index in [1.807, 2.05) is 26.0 Å². The number of hydrogen-bond acceptors (Lipinski definition) is 6. The van der Waals surface area contributed by atoms with Crippen molar-refractivity contribution in [1.29, 1.82) is 0 Å². The van der Waals surface area contributed by atoms with Crippen molar-refractivity contribution in [2.75, 3.05) is 0 Å². The normalized spacial score (nSPS) is 12.2. The van der Waals surface area contributed by atoms with Gasteiger partial charge in [-0.15, -0.1) is 0 Å². The first-order valence-electron chi connectivity index (χ1n) is 11.3. The summed E-state index contributed by atoms with van der Waals surface area (Å²) in [6, 6.07) is 15.0. The quantitative estimate of drug-likeness (QED) is 0.112. The number of non-ortho nitro benzene ring substituents is 1. The number of fused-ring (bicyclic) bond motifs is 1. The summed E-state index contributed by atoms with van der Waals surface area (Å²) >= 11 is 13.4. The molecule has 0 fully saturated rings. The molecule has 0 unspecified atom stereocenters. The number of benzene rings is 3. The van der Waals surface area contributed by atoms with E-state index in [9.17, 15) is 14.9 Å². The third kappa shape index (κ3) is 6.08. The van der Waals surface area contributed by atoms with Crippen molar-refractivity contribution in [3.8, 4) is 5.75 Å². The minimum atomic E-state index is -0.456. The third-order valence-electron chi connectivity index (χ3n) is 5.73. The number of ether oxygens (including phenoxy) is 1. The summed E-state index contributed by atoms with van der Waals surface area (Å²) in [5, 5.41) is 16.3. The maximum atomic E-state index is 13.3. The highest BCUT2D eigenvalue weighted by molar-refractivity contribution is 9.10. The fraction of sp³-hybridized carbons (Fsp3) is 0.192. The molecule has 0 aliphatic heterocycles. The Morgan fingerprint density at radius 3 is 2.70 bits per heavy atom. The molecule has 190 valence electrons. The van der Waals surface area contributed by atoms with E-state index in [2.05, 4.69) is 37.0 Å². The van der Waals surface area contributed by atoms with Crippen LogP contribution in [0.25, 0.3) is 10.9 Å². The predicted octanol–water partition coefficient (Wildman–Crippen LogP) is 7.46. The van der Waals surface area contributed by atoms with Crippen LogP contribution in [-0.2, 0) is 6.61 Å². The summed E-state index contributed by atoms with van der Waals surface area (Å²) in [5.41, 5.74) is 1.61. The average Bonchev–Trinajstić information content (AvgIpc) is 2.87. The lowest BCUT2D eigenvalue weighted by molar-refractivity contribution is -0.384. The molecule has 8 nitrogen and oxygen atoms in total. The van der Waals surface area contributed by atoms with Crippen LogP contribution in [0.3, 0.4) is 0 Å². The monoisotopic (exact) mass is 646 g/mol. The molecule has 4 aromatic rings. The second kappa shape index (κ2) is 11.5. The highest BCUT2D eigenvalue weighted by atomic mass is 79.9. The lowest BCUT2D eigenvalue weighted by Gasteiger charge is -2.14. The van der Waals surface area contributed by atoms with Gasteiger partial charge in [-0.25, -0.2) is 4.98 Å². The molecule has 0 aliphatic rings. The van der Waals surface area contributed by atoms with Crippen molar-refractivity contribution in [3.05, 3.63) is 106 Å². The van der Waals surface area contributed by atoms with Crippen molar-refractivity contribution in [2.45, 2.75) is 32.8 Å². The molecule has 1 atom stereocenters. The first kappa shape index (κ1) is 27.0. The molecule has 0 radical (unpaired) electrons. The van der Waals surface area contributed by atoms with Crippen LogP contribution in [0.4, 0.5) is 5.69 Å². The van der Waals surface area contributed by atoms with Crippen LogP contribution < -0.4 is 10.3 Å². The second-order valence-electron chi connectivity index (χ2n) is 8.33. The van der Waals surface area contributed by atoms with E-state index in [1.54, 1.807) is 36.5 Å². The van der Waals surface area contributed by atoms with E-state index >= 15 is 0 Å². The predicted molar refractivity (Wildman–Crippen MR) is 152 cm³/mol. The number of nitro benzene ring substituents is 1. The second-order valence-corrected chi connectivity index (χ2v) is 10.5. The van der Waals surface area contributed by atoms with Crippen LogP contribution in [-0.4, -0.2) is 20.8 Å². The zero-order valence-corrected chi connectivity index (χ0v) is 23.7. The van der Waals surface area contributed by atoms with Gasteiger partial charge in [-0.05, 0) is 63.8 Å². The van der Waals surface area contributed by atoms with Gasteiger partial charge in [0.1, 0.15) is 12.4 Å². The number of nitro groups is 1. The van der Waals surface area contributed by atoms with Crippen molar-refractivity contribution in [1.82, 2.24) is 9.66 Å². The molecule has 0 saturated carbocycles. The van der Waals surface area contributed by atoms with Gasteiger partial charge in [-0.1, -0.05) is 53.5 Å². The van der Waals surface area contributed by atoms with Gasteiger partial charge in [-0.2, -0.15) is 9.78 Å². The maximum Gasteiger partial charge on any atom is 0.282 e. The number of aromatic nitrogens is 2. The Morgan fingerprint density at radius 2 is 2.00 bits per heavy atom. The van der Waals surface area contributed by atoms with Gasteiger partial charge in [0.2, 0.25) is 0 Å². The van der Waals surface area contributed by atoms with Crippen molar-refractivity contribution < 1.29 is 9.66 Å². The van der Waals surface area contributed by atoms with Gasteiger partial charge >= 0.3 is 0 Å². The Morgan fingerprint density at radius 1 is 1.22 bits per heavy atom. The maximum absolute atomic E-state index is 13.3. The minimum absolute atomic E-state index is 0.0119. The van der Waals surface area contributed by atoms with E-state index in [0.717, 1.165) is 10.9 Å². The fourth-order valence-corrected chi connectivity index (χ4v) is 4.96. The average molecular weight is 649 g/mol. The molecule has 0 bridgehead atoms. The van der Waals surface area contributed by atoms with Crippen LogP contribution in [0.1, 0.15) is 43.1 Å². The first-order chi connectivity index (χ1) is 17.7. The molecule has 0 saturated heterocycles. The topological polar surface area (TPSA) is 99.6 Å². The first-order valence-corrected chi connectivity index (χ1v) is 13.3. The van der Waals surface area contributed by atoms with Gasteiger partial charge in [0.25, 0.3) is 11.2 Å². The SMILES string of the molecule is CC[C@H](C)c1nc2ccc(Br)cc2c(=O)n1N=Cc1cc(Cl)c(OCc2cccc([N+](=O)[O-])c2)c(Br)c1. The van der Waals surface area contributed by atoms with Gasteiger partial charge in [0.15, 0.2) is 5.75 Å². The van der Waals surface area contributed by atoms with E-state index in [-0.39, 0.29) is 23.8 Å². The van der Waals surface area contributed by atoms with E-state index < -0.39 is 4.92 Å². The van der Waals surface area contributed by atoms with Crippen LogP contribution in [0, 0.1) is 10.1 Å². The molecule has 37 heavy (non-hydrogen) atoms. The smallest absolute Gasteiger partial charge is 0.282 e. The fourth-order valence-electron chi connectivity index (χ4n) is 3.61. The Balaban J connectivity index is 1.64. The molecular formula is C26H21Br2ClN4O4. The number of hydrogen-bond donors (Lipinski definition) is 0. The molecule has 0 amide bonds. The molecule has 0 aliphatic carbocycles. The van der Waals surface area contributed by atoms with E-state index in [1.165, 1.54) is 16.8 Å². The molecule has 11 heteroatoms. The molecule has 4 rings (SSSR count). The molecular weight excluding hydrogens is 628 g/mol. The molecule has 1 heterocycles. The molecule has 1 aromatic heterocycles. The zero-order chi connectivity index (χ0) is 26.7. The van der Waals surface area contributed by atoms with Gasteiger partial charge in [-0.3, -0.25) is 14.9 Å². The summed E-state index contributed by atoms with van der Waals surface area (Å²) in [6.07, 6.45) is 2.33. The van der Waals surface area contributed by atoms with Crippen LogP contribution in [0.15, 0.2) is 73.4 Å². The molecule has 3 aromatic carbocycles. The Bertz CT molecular complexity index is 1570.